The van der Waals surface area contributed by atoms with Gasteiger partial charge < -0.3 is 15.0 Å². The minimum absolute atomic E-state index is 0.209. The van der Waals surface area contributed by atoms with E-state index in [9.17, 15) is 4.79 Å². The third-order valence-electron chi connectivity index (χ3n) is 6.10. The van der Waals surface area contributed by atoms with Crippen molar-refractivity contribution in [2.75, 3.05) is 44.7 Å². The van der Waals surface area contributed by atoms with Crippen LogP contribution in [-0.2, 0) is 6.42 Å². The summed E-state index contributed by atoms with van der Waals surface area (Å²) in [4.78, 5) is 17.7. The Labute approximate surface area is 189 Å². The highest BCUT2D eigenvalue weighted by Gasteiger charge is 2.23. The van der Waals surface area contributed by atoms with E-state index in [1.54, 1.807) is 7.11 Å². The Balaban J connectivity index is 1.49. The van der Waals surface area contributed by atoms with Crippen LogP contribution in [-0.4, -0.2) is 66.9 Å². The Morgan fingerprint density at radius 3 is 2.41 bits per heavy atom. The molecule has 1 saturated heterocycles. The van der Waals surface area contributed by atoms with Gasteiger partial charge in [0, 0.05) is 49.5 Å². The summed E-state index contributed by atoms with van der Waals surface area (Å²) in [6.07, 6.45) is 0.680. The molecule has 0 spiro atoms. The number of ether oxygens (including phenoxy) is 1. The maximum absolute atomic E-state index is 12.9. The largest absolute Gasteiger partial charge is 0.496 e. The van der Waals surface area contributed by atoms with E-state index in [1.165, 1.54) is 0 Å². The minimum Gasteiger partial charge on any atom is -0.496 e. The van der Waals surface area contributed by atoms with Crippen LogP contribution in [0.4, 0.5) is 5.82 Å². The lowest BCUT2D eigenvalue weighted by atomic mass is 10.1. The molecule has 32 heavy (non-hydrogen) atoms. The number of amides is 1. The van der Waals surface area contributed by atoms with E-state index >= 15 is 0 Å². The van der Waals surface area contributed by atoms with E-state index in [0.717, 1.165) is 54.1 Å². The van der Waals surface area contributed by atoms with Crippen LogP contribution in [0.25, 0.3) is 10.8 Å². The molecule has 0 atom stereocenters. The standard InChI is InChI=1S/C25H31N5O2/c1-18(2)29-14-16-30(17-15-29)24-21-10-6-5-9-20(21)23(27-28-24)25(31)26-13-12-19-8-4-7-11-22(19)32-3/h4-11,18H,12-17H2,1-3H3,(H,26,31). The van der Waals surface area contributed by atoms with Gasteiger partial charge in [-0.15, -0.1) is 10.2 Å². The monoisotopic (exact) mass is 433 g/mol. The number of hydrogen-bond donors (Lipinski definition) is 1. The van der Waals surface area contributed by atoms with Gasteiger partial charge in [-0.3, -0.25) is 9.69 Å². The van der Waals surface area contributed by atoms with Crippen LogP contribution < -0.4 is 15.0 Å². The lowest BCUT2D eigenvalue weighted by Crippen LogP contribution is -2.49. The Kier molecular flexibility index (Phi) is 6.85. The highest BCUT2D eigenvalue weighted by Crippen LogP contribution is 2.27. The summed E-state index contributed by atoms with van der Waals surface area (Å²) in [7, 11) is 1.66. The van der Waals surface area contributed by atoms with Crippen LogP contribution in [0.2, 0.25) is 0 Å². The molecule has 1 amide bonds. The molecule has 168 valence electrons. The number of aromatic nitrogens is 2. The molecule has 1 aromatic heterocycles. The molecule has 0 aliphatic carbocycles. The number of fused-ring (bicyclic) bond motifs is 1. The molecule has 0 saturated carbocycles. The van der Waals surface area contributed by atoms with Gasteiger partial charge >= 0.3 is 0 Å². The maximum atomic E-state index is 12.9. The predicted molar refractivity (Wildman–Crippen MR) is 127 cm³/mol. The Morgan fingerprint density at radius 2 is 1.69 bits per heavy atom. The summed E-state index contributed by atoms with van der Waals surface area (Å²) in [6, 6.07) is 16.3. The summed E-state index contributed by atoms with van der Waals surface area (Å²) < 4.78 is 5.39. The average Bonchev–Trinajstić information content (AvgIpc) is 2.83. The van der Waals surface area contributed by atoms with Crippen LogP contribution >= 0.6 is 0 Å². The van der Waals surface area contributed by atoms with Crippen molar-refractivity contribution in [1.29, 1.82) is 0 Å². The van der Waals surface area contributed by atoms with Gasteiger partial charge in [0.1, 0.15) is 5.75 Å². The Bertz CT molecular complexity index is 1080. The Hall–Kier alpha value is -3.19. The highest BCUT2D eigenvalue weighted by molar-refractivity contribution is 6.07. The van der Waals surface area contributed by atoms with Gasteiger partial charge in [0.2, 0.25) is 0 Å². The number of rotatable bonds is 7. The fourth-order valence-electron chi connectivity index (χ4n) is 4.25. The van der Waals surface area contributed by atoms with E-state index < -0.39 is 0 Å². The number of nitrogens with zero attached hydrogens (tertiary/aromatic N) is 4. The molecule has 1 aliphatic rings. The predicted octanol–water partition coefficient (Wildman–Crippen LogP) is 3.14. The van der Waals surface area contributed by atoms with Crippen molar-refractivity contribution in [3.63, 3.8) is 0 Å². The number of benzene rings is 2. The summed E-state index contributed by atoms with van der Waals surface area (Å²) in [5, 5.41) is 13.6. The van der Waals surface area contributed by atoms with E-state index in [4.69, 9.17) is 4.74 Å². The van der Waals surface area contributed by atoms with E-state index in [-0.39, 0.29) is 5.91 Å². The molecular formula is C25H31N5O2. The number of nitrogens with one attached hydrogen (secondary N) is 1. The van der Waals surface area contributed by atoms with Crippen molar-refractivity contribution >= 4 is 22.5 Å². The number of carbonyl (C=O) groups is 1. The number of para-hydroxylation sites is 1. The molecule has 4 rings (SSSR count). The first-order chi connectivity index (χ1) is 15.6. The van der Waals surface area contributed by atoms with Gasteiger partial charge in [-0.05, 0) is 31.9 Å². The molecule has 1 N–H and O–H groups in total. The zero-order chi connectivity index (χ0) is 22.5. The number of anilines is 1. The Morgan fingerprint density at radius 1 is 1.00 bits per heavy atom. The van der Waals surface area contributed by atoms with Crippen LogP contribution in [0.15, 0.2) is 48.5 Å². The molecule has 0 unspecified atom stereocenters. The summed E-state index contributed by atoms with van der Waals surface area (Å²) in [6.45, 7) is 8.76. The molecule has 7 nitrogen and oxygen atoms in total. The molecule has 0 radical (unpaired) electrons. The molecule has 2 aromatic carbocycles. The minimum atomic E-state index is -0.209. The third kappa shape index (κ3) is 4.67. The average molecular weight is 434 g/mol. The van der Waals surface area contributed by atoms with Crippen LogP contribution in [0.5, 0.6) is 5.75 Å². The zero-order valence-electron chi connectivity index (χ0n) is 19.0. The van der Waals surface area contributed by atoms with Gasteiger partial charge in [-0.25, -0.2) is 0 Å². The second kappa shape index (κ2) is 9.96. The van der Waals surface area contributed by atoms with E-state index in [1.807, 2.05) is 48.5 Å². The third-order valence-corrected chi connectivity index (χ3v) is 6.10. The quantitative estimate of drug-likeness (QED) is 0.617. The number of methoxy groups -OCH3 is 1. The van der Waals surface area contributed by atoms with Gasteiger partial charge in [-0.2, -0.15) is 0 Å². The molecule has 7 heteroatoms. The lowest BCUT2D eigenvalue weighted by Gasteiger charge is -2.37. The molecule has 0 bridgehead atoms. The highest BCUT2D eigenvalue weighted by atomic mass is 16.5. The molecule has 1 fully saturated rings. The first-order valence-electron chi connectivity index (χ1n) is 11.2. The van der Waals surface area contributed by atoms with Gasteiger partial charge in [0.25, 0.3) is 5.91 Å². The SMILES string of the molecule is COc1ccccc1CCNC(=O)c1nnc(N2CCN(C(C)C)CC2)c2ccccc12. The van der Waals surface area contributed by atoms with Crippen molar-refractivity contribution in [3.8, 4) is 5.75 Å². The summed E-state index contributed by atoms with van der Waals surface area (Å²) >= 11 is 0. The smallest absolute Gasteiger partial charge is 0.272 e. The molecular weight excluding hydrogens is 402 g/mol. The van der Waals surface area contributed by atoms with Crippen molar-refractivity contribution in [1.82, 2.24) is 20.4 Å². The molecule has 3 aromatic rings. The number of hydrogen-bond acceptors (Lipinski definition) is 6. The van der Waals surface area contributed by atoms with Gasteiger partial charge in [-0.1, -0.05) is 42.5 Å². The van der Waals surface area contributed by atoms with Crippen LogP contribution in [0.3, 0.4) is 0 Å². The lowest BCUT2D eigenvalue weighted by molar-refractivity contribution is 0.0950. The second-order valence-corrected chi connectivity index (χ2v) is 8.35. The summed E-state index contributed by atoms with van der Waals surface area (Å²) in [5.74, 6) is 1.48. The number of piperazine rings is 1. The fraction of sp³-hybridized carbons (Fsp3) is 0.400. The van der Waals surface area contributed by atoms with Crippen molar-refractivity contribution in [3.05, 3.63) is 59.8 Å². The first kappa shape index (κ1) is 22.0. The summed E-state index contributed by atoms with van der Waals surface area (Å²) in [5.41, 5.74) is 1.42. The van der Waals surface area contributed by atoms with E-state index in [0.29, 0.717) is 24.7 Å². The van der Waals surface area contributed by atoms with Crippen molar-refractivity contribution in [2.24, 2.45) is 0 Å². The normalized spacial score (nSPS) is 14.7. The number of carbonyl (C=O) groups excluding carboxylic acids is 1. The maximum Gasteiger partial charge on any atom is 0.272 e. The second-order valence-electron chi connectivity index (χ2n) is 8.35. The molecule has 1 aliphatic heterocycles. The van der Waals surface area contributed by atoms with Crippen LogP contribution in [0.1, 0.15) is 29.9 Å². The van der Waals surface area contributed by atoms with Gasteiger partial charge in [0.05, 0.1) is 7.11 Å². The van der Waals surface area contributed by atoms with Crippen molar-refractivity contribution < 1.29 is 9.53 Å². The fourth-order valence-corrected chi connectivity index (χ4v) is 4.25. The molecule has 2 heterocycles. The van der Waals surface area contributed by atoms with Gasteiger partial charge in [0.15, 0.2) is 11.5 Å². The zero-order valence-corrected chi connectivity index (χ0v) is 19.0. The topological polar surface area (TPSA) is 70.6 Å². The van der Waals surface area contributed by atoms with Crippen LogP contribution in [0, 0.1) is 0 Å². The first-order valence-corrected chi connectivity index (χ1v) is 11.2. The van der Waals surface area contributed by atoms with E-state index in [2.05, 4.69) is 39.2 Å². The van der Waals surface area contributed by atoms with Crippen molar-refractivity contribution in [2.45, 2.75) is 26.3 Å².